The fraction of sp³-hybridized carbons (Fsp3) is 0.448. The second-order valence-corrected chi connectivity index (χ2v) is 11.3. The first-order valence-electron chi connectivity index (χ1n) is 13.0. The number of halogens is 3. The van der Waals surface area contributed by atoms with Gasteiger partial charge in [-0.25, -0.2) is 0 Å². The molecule has 4 rings (SSSR count). The van der Waals surface area contributed by atoms with Gasteiger partial charge in [-0.3, -0.25) is 4.31 Å². The van der Waals surface area contributed by atoms with Crippen LogP contribution in [0, 0.1) is 11.8 Å². The Morgan fingerprint density at radius 2 is 1.84 bits per heavy atom. The van der Waals surface area contributed by atoms with Gasteiger partial charge in [0.15, 0.2) is 0 Å². The molecule has 0 atom stereocenters. The summed E-state index contributed by atoms with van der Waals surface area (Å²) in [6.45, 7) is 3.37. The lowest BCUT2D eigenvalue weighted by molar-refractivity contribution is -0.140. The van der Waals surface area contributed by atoms with Crippen molar-refractivity contribution in [2.75, 3.05) is 51.4 Å². The Morgan fingerprint density at radius 3 is 2.53 bits per heavy atom. The number of rotatable bonds is 8. The topological polar surface area (TPSA) is 35.5 Å². The van der Waals surface area contributed by atoms with Crippen molar-refractivity contribution >= 4 is 34.2 Å². The summed E-state index contributed by atoms with van der Waals surface area (Å²) >= 11 is 1.66. The highest BCUT2D eigenvalue weighted by Crippen LogP contribution is 2.31. The minimum absolute atomic E-state index is 0.303. The third-order valence-corrected chi connectivity index (χ3v) is 7.52. The summed E-state index contributed by atoms with van der Waals surface area (Å²) in [4.78, 5) is 3.45. The first-order chi connectivity index (χ1) is 18.1. The maximum absolute atomic E-state index is 13.5. The minimum atomic E-state index is -4.35. The molecule has 2 aromatic carbocycles. The molecule has 0 bridgehead atoms. The smallest absolute Gasteiger partial charge is 0.382 e. The summed E-state index contributed by atoms with van der Waals surface area (Å²) in [5.74, 6) is 6.06. The van der Waals surface area contributed by atoms with Crippen molar-refractivity contribution in [1.82, 2.24) is 13.8 Å². The third kappa shape index (κ3) is 7.40. The lowest BCUT2D eigenvalue weighted by Gasteiger charge is -2.30. The molecule has 38 heavy (non-hydrogen) atoms. The summed E-state index contributed by atoms with van der Waals surface area (Å²) in [5.41, 5.74) is 3.94. The number of piperidine rings is 1. The number of anilines is 2. The molecule has 9 heteroatoms. The normalized spacial score (nSPS) is 15.1. The van der Waals surface area contributed by atoms with Gasteiger partial charge >= 0.3 is 6.18 Å². The van der Waals surface area contributed by atoms with Gasteiger partial charge < -0.3 is 20.1 Å². The Hall–Kier alpha value is -2.80. The molecule has 0 spiro atoms. The van der Waals surface area contributed by atoms with Crippen LogP contribution in [0.15, 0.2) is 47.4 Å². The molecule has 1 aromatic heterocycles. The van der Waals surface area contributed by atoms with Gasteiger partial charge in [-0.1, -0.05) is 18.9 Å². The van der Waals surface area contributed by atoms with E-state index in [4.69, 9.17) is 0 Å². The average molecular weight is 544 g/mol. The van der Waals surface area contributed by atoms with E-state index in [0.717, 1.165) is 54.0 Å². The van der Waals surface area contributed by atoms with Gasteiger partial charge in [-0.2, -0.15) is 13.2 Å². The summed E-state index contributed by atoms with van der Waals surface area (Å²) < 4.78 is 43.9. The van der Waals surface area contributed by atoms with E-state index in [1.165, 1.54) is 10.1 Å². The molecule has 1 fully saturated rings. The van der Waals surface area contributed by atoms with E-state index in [1.54, 1.807) is 24.1 Å². The largest absolute Gasteiger partial charge is 0.406 e. The van der Waals surface area contributed by atoms with Crippen molar-refractivity contribution in [3.8, 4) is 11.8 Å². The zero-order valence-corrected chi connectivity index (χ0v) is 23.3. The van der Waals surface area contributed by atoms with E-state index in [1.807, 2.05) is 36.6 Å². The van der Waals surface area contributed by atoms with Crippen molar-refractivity contribution in [3.63, 3.8) is 0 Å². The Bertz CT molecular complexity index is 1300. The number of nitrogens with one attached hydrogen (secondary N) is 2. The molecule has 0 aliphatic carbocycles. The van der Waals surface area contributed by atoms with Crippen LogP contribution < -0.4 is 10.6 Å². The van der Waals surface area contributed by atoms with E-state index in [-0.39, 0.29) is 0 Å². The summed E-state index contributed by atoms with van der Waals surface area (Å²) in [7, 11) is 6.12. The molecule has 0 unspecified atom stereocenters. The molecule has 5 nitrogen and oxygen atoms in total. The lowest BCUT2D eigenvalue weighted by Crippen LogP contribution is -2.36. The molecular formula is C29H36F3N5S. The van der Waals surface area contributed by atoms with Gasteiger partial charge in [0.25, 0.3) is 0 Å². The van der Waals surface area contributed by atoms with Crippen molar-refractivity contribution in [2.24, 2.45) is 0 Å². The molecule has 3 aromatic rings. The number of benzene rings is 2. The number of hydrogen-bond acceptors (Lipinski definition) is 5. The SMILES string of the molecule is CCc1cc(SN(C)C)ccc1NCC#Cc1cc2c(NC3CCN(C)CC3)cccc2n1CC(F)(F)F. The van der Waals surface area contributed by atoms with Gasteiger partial charge in [0.05, 0.1) is 17.8 Å². The highest BCUT2D eigenvalue weighted by molar-refractivity contribution is 7.97. The third-order valence-electron chi connectivity index (χ3n) is 6.69. The second-order valence-electron chi connectivity index (χ2n) is 9.92. The lowest BCUT2D eigenvalue weighted by atomic mass is 10.0. The molecule has 2 N–H and O–H groups in total. The van der Waals surface area contributed by atoms with Crippen LogP contribution in [-0.4, -0.2) is 66.8 Å². The number of hydrogen-bond donors (Lipinski definition) is 2. The van der Waals surface area contributed by atoms with Crippen LogP contribution in [0.1, 0.15) is 31.0 Å². The van der Waals surface area contributed by atoms with E-state index < -0.39 is 12.7 Å². The van der Waals surface area contributed by atoms with E-state index in [9.17, 15) is 13.2 Å². The Labute approximate surface area is 227 Å². The van der Waals surface area contributed by atoms with Gasteiger partial charge in [-0.05, 0) is 113 Å². The highest BCUT2D eigenvalue weighted by Gasteiger charge is 2.30. The molecule has 0 radical (unpaired) electrons. The van der Waals surface area contributed by atoms with Crippen LogP contribution in [0.3, 0.4) is 0 Å². The highest BCUT2D eigenvalue weighted by atomic mass is 32.2. The van der Waals surface area contributed by atoms with Gasteiger partial charge in [-0.15, -0.1) is 0 Å². The Kier molecular flexibility index (Phi) is 9.19. The average Bonchev–Trinajstić information content (AvgIpc) is 3.20. The number of alkyl halides is 3. The van der Waals surface area contributed by atoms with Crippen molar-refractivity contribution in [1.29, 1.82) is 0 Å². The van der Waals surface area contributed by atoms with Crippen LogP contribution in [-0.2, 0) is 13.0 Å². The Morgan fingerprint density at radius 1 is 1.08 bits per heavy atom. The molecular weight excluding hydrogens is 507 g/mol. The first kappa shape index (κ1) is 28.2. The fourth-order valence-corrected chi connectivity index (χ4v) is 5.56. The zero-order chi connectivity index (χ0) is 27.3. The van der Waals surface area contributed by atoms with Crippen LogP contribution in [0.4, 0.5) is 24.5 Å². The number of nitrogens with zero attached hydrogens (tertiary/aromatic N) is 3. The van der Waals surface area contributed by atoms with Gasteiger partial charge in [0.2, 0.25) is 0 Å². The van der Waals surface area contributed by atoms with E-state index in [2.05, 4.69) is 53.5 Å². The summed E-state index contributed by atoms with van der Waals surface area (Å²) in [6.07, 6.45) is -1.48. The number of fused-ring (bicyclic) bond motifs is 1. The molecule has 2 heterocycles. The van der Waals surface area contributed by atoms with Gasteiger partial charge in [0.1, 0.15) is 6.54 Å². The molecule has 0 saturated carbocycles. The van der Waals surface area contributed by atoms with Crippen molar-refractivity contribution in [2.45, 2.75) is 49.8 Å². The number of aryl methyl sites for hydroxylation is 1. The van der Waals surface area contributed by atoms with Gasteiger partial charge in [0, 0.05) is 27.7 Å². The molecule has 1 aliphatic rings. The number of aromatic nitrogens is 1. The van der Waals surface area contributed by atoms with Crippen LogP contribution in [0.5, 0.6) is 0 Å². The summed E-state index contributed by atoms with van der Waals surface area (Å²) in [6, 6.07) is 13.8. The number of likely N-dealkylation sites (tertiary alicyclic amines) is 1. The van der Waals surface area contributed by atoms with Crippen LogP contribution in [0.2, 0.25) is 0 Å². The monoisotopic (exact) mass is 543 g/mol. The van der Waals surface area contributed by atoms with Crippen LogP contribution in [0.25, 0.3) is 10.9 Å². The molecule has 0 amide bonds. The second kappa shape index (κ2) is 12.4. The van der Waals surface area contributed by atoms with E-state index in [0.29, 0.717) is 23.8 Å². The predicted molar refractivity (Wildman–Crippen MR) is 153 cm³/mol. The molecule has 204 valence electrons. The minimum Gasteiger partial charge on any atom is -0.382 e. The quantitative estimate of drug-likeness (QED) is 0.257. The molecule has 1 saturated heterocycles. The fourth-order valence-electron chi connectivity index (χ4n) is 4.81. The molecule has 1 aliphatic heterocycles. The Balaban J connectivity index is 1.56. The van der Waals surface area contributed by atoms with Crippen molar-refractivity contribution < 1.29 is 13.2 Å². The van der Waals surface area contributed by atoms with E-state index >= 15 is 0 Å². The maximum Gasteiger partial charge on any atom is 0.406 e. The summed E-state index contributed by atoms with van der Waals surface area (Å²) in [5, 5.41) is 7.69. The zero-order valence-electron chi connectivity index (χ0n) is 22.5. The van der Waals surface area contributed by atoms with Crippen LogP contribution >= 0.6 is 11.9 Å². The van der Waals surface area contributed by atoms with Crippen molar-refractivity contribution in [3.05, 3.63) is 53.7 Å². The maximum atomic E-state index is 13.5. The standard InChI is InChI=1S/C29H36F3N5S/c1-5-21-18-24(38-35(2)3)11-12-26(21)33-15-7-8-23-19-25-27(34-22-13-16-36(4)17-14-22)9-6-10-28(25)37(23)20-29(30,31)32/h6,9-12,18-19,22,33-34H,5,13-17,20H2,1-4H3. The predicted octanol–water partition coefficient (Wildman–Crippen LogP) is 6.30. The first-order valence-corrected chi connectivity index (χ1v) is 13.8.